The number of methoxy groups -OCH3 is 1. The molecular formula is C20H30Cl2N2O5. The first-order valence-electron chi connectivity index (χ1n) is 10.2. The summed E-state index contributed by atoms with van der Waals surface area (Å²) < 4.78 is 9.27. The first kappa shape index (κ1) is 22.5. The maximum absolute atomic E-state index is 13.5. The third-order valence-electron chi connectivity index (χ3n) is 6.12. The van der Waals surface area contributed by atoms with Crippen LogP contribution in [-0.4, -0.2) is 58.5 Å². The number of hydrogen-bond acceptors (Lipinski definition) is 5. The number of esters is 1. The number of rotatable bonds is 4. The minimum absolute atomic E-state index is 0.00393. The van der Waals surface area contributed by atoms with Gasteiger partial charge in [-0.2, -0.15) is 0 Å². The van der Waals surface area contributed by atoms with Gasteiger partial charge < -0.3 is 19.7 Å². The molecule has 164 valence electrons. The summed E-state index contributed by atoms with van der Waals surface area (Å²) >= 11 is 12.6. The molecule has 0 unspecified atom stereocenters. The number of carbonyl (C=O) groups is 3. The SMILES string of the molecule is COC(=O)[C@@H]1[C@@H]2[C@H](CN1C(=O)[C@@H](NC(=O)OC(C)(C)C)C1CCCCC1)C2(Cl)Cl. The van der Waals surface area contributed by atoms with Crippen LogP contribution in [0.3, 0.4) is 0 Å². The van der Waals surface area contributed by atoms with E-state index in [4.69, 9.17) is 32.7 Å². The fraction of sp³-hybridized carbons (Fsp3) is 0.850. The molecule has 1 N–H and O–H groups in total. The standard InChI is InChI=1S/C20H30Cl2N2O5/c1-19(2,3)29-18(27)23-14(11-8-6-5-7-9-11)16(25)24-10-12-13(20(12,21)22)15(24)17(26)28-4/h11-15H,5-10H2,1-4H3,(H,23,27)/t12-,13-,14-,15-/m0/s1. The zero-order valence-corrected chi connectivity index (χ0v) is 18.9. The Morgan fingerprint density at radius 1 is 1.14 bits per heavy atom. The molecule has 3 rings (SSSR count). The number of ether oxygens (including phenoxy) is 2. The van der Waals surface area contributed by atoms with E-state index in [1.54, 1.807) is 20.8 Å². The minimum atomic E-state index is -1.02. The topological polar surface area (TPSA) is 84.9 Å². The van der Waals surface area contributed by atoms with E-state index in [1.807, 2.05) is 0 Å². The van der Waals surface area contributed by atoms with Crippen molar-refractivity contribution >= 4 is 41.2 Å². The van der Waals surface area contributed by atoms with E-state index < -0.39 is 34.1 Å². The van der Waals surface area contributed by atoms with Crippen molar-refractivity contribution in [2.24, 2.45) is 17.8 Å². The van der Waals surface area contributed by atoms with Gasteiger partial charge >= 0.3 is 12.1 Å². The number of carbonyl (C=O) groups excluding carboxylic acids is 3. The molecule has 29 heavy (non-hydrogen) atoms. The molecule has 0 aromatic carbocycles. The van der Waals surface area contributed by atoms with E-state index in [0.717, 1.165) is 32.1 Å². The molecule has 3 aliphatic rings. The van der Waals surface area contributed by atoms with Crippen molar-refractivity contribution in [3.05, 3.63) is 0 Å². The summed E-state index contributed by atoms with van der Waals surface area (Å²) in [6.07, 6.45) is 4.16. The third-order valence-corrected chi connectivity index (χ3v) is 7.18. The molecule has 0 bridgehead atoms. The molecule has 7 nitrogen and oxygen atoms in total. The normalized spacial score (nSPS) is 29.6. The first-order valence-corrected chi connectivity index (χ1v) is 11.0. The lowest BCUT2D eigenvalue weighted by Gasteiger charge is -2.36. The number of halogens is 2. The second kappa shape index (κ2) is 8.14. The lowest BCUT2D eigenvalue weighted by atomic mass is 9.83. The molecule has 3 fully saturated rings. The van der Waals surface area contributed by atoms with Gasteiger partial charge in [-0.25, -0.2) is 9.59 Å². The predicted molar refractivity (Wildman–Crippen MR) is 109 cm³/mol. The summed E-state index contributed by atoms with van der Waals surface area (Å²) in [5, 5.41) is 2.78. The Bertz CT molecular complexity index is 672. The fourth-order valence-electron chi connectivity index (χ4n) is 4.69. The number of fused-ring (bicyclic) bond motifs is 1. The third kappa shape index (κ3) is 4.61. The second-order valence-electron chi connectivity index (χ2n) is 9.29. The van der Waals surface area contributed by atoms with Gasteiger partial charge in [0.25, 0.3) is 0 Å². The Kier molecular flexibility index (Phi) is 6.31. The van der Waals surface area contributed by atoms with Gasteiger partial charge in [0.1, 0.15) is 22.0 Å². The number of hydrogen-bond donors (Lipinski definition) is 1. The molecule has 2 saturated carbocycles. The Balaban J connectivity index is 1.80. The van der Waals surface area contributed by atoms with Crippen LogP contribution in [0.5, 0.6) is 0 Å². The van der Waals surface area contributed by atoms with Crippen molar-refractivity contribution < 1.29 is 23.9 Å². The average Bonchev–Trinajstić information content (AvgIpc) is 3.00. The molecule has 1 heterocycles. The van der Waals surface area contributed by atoms with Crippen molar-refractivity contribution in [2.75, 3.05) is 13.7 Å². The molecule has 0 aromatic heterocycles. The molecule has 0 spiro atoms. The lowest BCUT2D eigenvalue weighted by molar-refractivity contribution is -0.153. The maximum atomic E-state index is 13.5. The zero-order valence-electron chi connectivity index (χ0n) is 17.4. The molecule has 4 atom stereocenters. The highest BCUT2D eigenvalue weighted by atomic mass is 35.5. The van der Waals surface area contributed by atoms with E-state index in [9.17, 15) is 14.4 Å². The van der Waals surface area contributed by atoms with Crippen LogP contribution in [0.2, 0.25) is 0 Å². The number of alkyl carbamates (subject to hydrolysis) is 1. The molecular weight excluding hydrogens is 419 g/mol. The van der Waals surface area contributed by atoms with Gasteiger partial charge in [0.15, 0.2) is 0 Å². The largest absolute Gasteiger partial charge is 0.467 e. The molecule has 1 saturated heterocycles. The quantitative estimate of drug-likeness (QED) is 0.526. The summed E-state index contributed by atoms with van der Waals surface area (Å²) in [7, 11) is 1.28. The molecule has 2 amide bonds. The average molecular weight is 449 g/mol. The predicted octanol–water partition coefficient (Wildman–Crippen LogP) is 3.26. The number of alkyl halides is 2. The number of nitrogens with one attached hydrogen (secondary N) is 1. The lowest BCUT2D eigenvalue weighted by Crippen LogP contribution is -2.57. The van der Waals surface area contributed by atoms with Crippen LogP contribution in [0, 0.1) is 17.8 Å². The summed E-state index contributed by atoms with van der Waals surface area (Å²) in [5.74, 6) is -1.36. The van der Waals surface area contributed by atoms with Crippen molar-refractivity contribution in [3.63, 3.8) is 0 Å². The Morgan fingerprint density at radius 2 is 1.76 bits per heavy atom. The van der Waals surface area contributed by atoms with Crippen molar-refractivity contribution in [2.45, 2.75) is 74.9 Å². The van der Waals surface area contributed by atoms with E-state index in [-0.39, 0.29) is 30.2 Å². The van der Waals surface area contributed by atoms with Gasteiger partial charge in [0.2, 0.25) is 5.91 Å². The maximum Gasteiger partial charge on any atom is 0.408 e. The van der Waals surface area contributed by atoms with Crippen LogP contribution in [-0.2, 0) is 19.1 Å². The van der Waals surface area contributed by atoms with E-state index >= 15 is 0 Å². The summed E-state index contributed by atoms with van der Waals surface area (Å²) in [6, 6.07) is -1.59. The smallest absolute Gasteiger partial charge is 0.408 e. The minimum Gasteiger partial charge on any atom is -0.467 e. The summed E-state index contributed by atoms with van der Waals surface area (Å²) in [6.45, 7) is 5.58. The summed E-state index contributed by atoms with van der Waals surface area (Å²) in [5.41, 5.74) is -0.676. The highest BCUT2D eigenvalue weighted by Crippen LogP contribution is 2.65. The van der Waals surface area contributed by atoms with E-state index in [0.29, 0.717) is 0 Å². The fourth-order valence-corrected chi connectivity index (χ4v) is 5.51. The van der Waals surface area contributed by atoms with Gasteiger partial charge in [0.05, 0.1) is 7.11 Å². The van der Waals surface area contributed by atoms with Crippen LogP contribution in [0.1, 0.15) is 52.9 Å². The highest BCUT2D eigenvalue weighted by molar-refractivity contribution is 6.51. The number of likely N-dealkylation sites (tertiary alicyclic amines) is 1. The van der Waals surface area contributed by atoms with Crippen LogP contribution >= 0.6 is 23.2 Å². The summed E-state index contributed by atoms with van der Waals surface area (Å²) in [4.78, 5) is 39.9. The van der Waals surface area contributed by atoms with E-state index in [2.05, 4.69) is 5.32 Å². The van der Waals surface area contributed by atoms with Crippen LogP contribution in [0.25, 0.3) is 0 Å². The molecule has 0 aromatic rings. The van der Waals surface area contributed by atoms with Gasteiger partial charge in [-0.3, -0.25) is 4.79 Å². The second-order valence-corrected chi connectivity index (χ2v) is 10.7. The van der Waals surface area contributed by atoms with Gasteiger partial charge in [0, 0.05) is 18.4 Å². The molecule has 9 heteroatoms. The monoisotopic (exact) mass is 448 g/mol. The molecule has 1 aliphatic heterocycles. The van der Waals surface area contributed by atoms with Crippen LogP contribution < -0.4 is 5.32 Å². The Morgan fingerprint density at radius 3 is 2.31 bits per heavy atom. The van der Waals surface area contributed by atoms with Gasteiger partial charge in [-0.05, 0) is 39.5 Å². The van der Waals surface area contributed by atoms with Gasteiger partial charge in [-0.1, -0.05) is 19.3 Å². The van der Waals surface area contributed by atoms with Crippen LogP contribution in [0.4, 0.5) is 4.79 Å². The van der Waals surface area contributed by atoms with Crippen molar-refractivity contribution in [1.82, 2.24) is 10.2 Å². The molecule has 2 aliphatic carbocycles. The van der Waals surface area contributed by atoms with Crippen molar-refractivity contribution in [1.29, 1.82) is 0 Å². The van der Waals surface area contributed by atoms with E-state index in [1.165, 1.54) is 12.0 Å². The number of amides is 2. The first-order chi connectivity index (χ1) is 13.5. The Labute approximate surface area is 181 Å². The number of nitrogens with zero attached hydrogens (tertiary/aromatic N) is 1. The zero-order chi connectivity index (χ0) is 21.6. The van der Waals surface area contributed by atoms with Gasteiger partial charge in [-0.15, -0.1) is 23.2 Å². The van der Waals surface area contributed by atoms with Crippen molar-refractivity contribution in [3.8, 4) is 0 Å². The highest BCUT2D eigenvalue weighted by Gasteiger charge is 2.74. The Hall–Kier alpha value is -1.21. The van der Waals surface area contributed by atoms with Crippen LogP contribution in [0.15, 0.2) is 0 Å². The number of piperidine rings is 1. The molecule has 0 radical (unpaired) electrons.